The lowest BCUT2D eigenvalue weighted by atomic mass is 9.92. The van der Waals surface area contributed by atoms with Gasteiger partial charge in [-0.05, 0) is 39.8 Å². The van der Waals surface area contributed by atoms with Crippen LogP contribution < -0.4 is 5.32 Å². The van der Waals surface area contributed by atoms with E-state index < -0.39 is 11.5 Å². The van der Waals surface area contributed by atoms with Crippen molar-refractivity contribution in [1.29, 1.82) is 0 Å². The molecule has 0 spiro atoms. The van der Waals surface area contributed by atoms with Gasteiger partial charge in [-0.2, -0.15) is 0 Å². The van der Waals surface area contributed by atoms with E-state index in [1.807, 2.05) is 0 Å². The first kappa shape index (κ1) is 17.4. The van der Waals surface area contributed by atoms with Crippen LogP contribution in [0.5, 0.6) is 0 Å². The van der Waals surface area contributed by atoms with Gasteiger partial charge in [-0.1, -0.05) is 27.2 Å². The zero-order valence-corrected chi connectivity index (χ0v) is 12.8. The summed E-state index contributed by atoms with van der Waals surface area (Å²) in [5.41, 5.74) is -0.845. The molecule has 0 saturated carbocycles. The zero-order chi connectivity index (χ0) is 14.3. The molecule has 0 heterocycles. The quantitative estimate of drug-likeness (QED) is 0.665. The number of likely N-dealkylation sites (N-methyl/N-ethyl adjacent to an activating group) is 1. The van der Waals surface area contributed by atoms with E-state index in [0.29, 0.717) is 12.3 Å². The molecule has 18 heavy (non-hydrogen) atoms. The molecule has 3 atom stereocenters. The maximum atomic E-state index is 11.3. The van der Waals surface area contributed by atoms with Gasteiger partial charge in [0.1, 0.15) is 5.54 Å². The SMILES string of the molecule is CCC(C)CN(CC)C(C)CC(C)(NC)C(=O)O. The smallest absolute Gasteiger partial charge is 0.323 e. The Morgan fingerprint density at radius 2 is 1.94 bits per heavy atom. The largest absolute Gasteiger partial charge is 0.480 e. The van der Waals surface area contributed by atoms with Gasteiger partial charge in [0.15, 0.2) is 0 Å². The summed E-state index contributed by atoms with van der Waals surface area (Å²) in [6, 6.07) is 0.262. The summed E-state index contributed by atoms with van der Waals surface area (Å²) in [6.07, 6.45) is 1.77. The predicted octanol–water partition coefficient (Wildman–Crippen LogP) is 2.20. The van der Waals surface area contributed by atoms with Gasteiger partial charge in [0, 0.05) is 12.6 Å². The lowest BCUT2D eigenvalue weighted by Crippen LogP contribution is -2.52. The first-order valence-electron chi connectivity index (χ1n) is 6.97. The molecule has 0 aliphatic rings. The Bertz CT molecular complexity index is 258. The molecule has 0 aliphatic carbocycles. The molecular formula is C14H30N2O2. The molecule has 0 aromatic rings. The lowest BCUT2D eigenvalue weighted by Gasteiger charge is -2.35. The van der Waals surface area contributed by atoms with E-state index in [0.717, 1.165) is 19.5 Å². The highest BCUT2D eigenvalue weighted by Gasteiger charge is 2.34. The molecule has 0 rings (SSSR count). The molecule has 0 saturated heterocycles. The number of nitrogens with zero attached hydrogens (tertiary/aromatic N) is 1. The van der Waals surface area contributed by atoms with Crippen molar-refractivity contribution >= 4 is 5.97 Å². The van der Waals surface area contributed by atoms with Gasteiger partial charge in [0.2, 0.25) is 0 Å². The predicted molar refractivity (Wildman–Crippen MR) is 75.9 cm³/mol. The number of hydrogen-bond acceptors (Lipinski definition) is 3. The van der Waals surface area contributed by atoms with Gasteiger partial charge in [-0.3, -0.25) is 4.79 Å². The van der Waals surface area contributed by atoms with Crippen molar-refractivity contribution in [3.05, 3.63) is 0 Å². The highest BCUT2D eigenvalue weighted by Crippen LogP contribution is 2.18. The van der Waals surface area contributed by atoms with E-state index in [-0.39, 0.29) is 6.04 Å². The van der Waals surface area contributed by atoms with E-state index in [4.69, 9.17) is 0 Å². The topological polar surface area (TPSA) is 52.6 Å². The summed E-state index contributed by atoms with van der Waals surface area (Å²) < 4.78 is 0. The number of aliphatic carboxylic acids is 1. The normalized spacial score (nSPS) is 18.4. The van der Waals surface area contributed by atoms with Crippen LogP contribution in [0.25, 0.3) is 0 Å². The first-order valence-corrected chi connectivity index (χ1v) is 6.97. The fourth-order valence-corrected chi connectivity index (χ4v) is 2.17. The van der Waals surface area contributed by atoms with Gasteiger partial charge in [-0.15, -0.1) is 0 Å². The molecule has 4 heteroatoms. The second-order valence-corrected chi connectivity index (χ2v) is 5.54. The number of hydrogen-bond donors (Lipinski definition) is 2. The molecule has 0 bridgehead atoms. The number of rotatable bonds is 9. The van der Waals surface area contributed by atoms with Gasteiger partial charge < -0.3 is 15.3 Å². The van der Waals surface area contributed by atoms with Crippen molar-refractivity contribution in [2.75, 3.05) is 20.1 Å². The van der Waals surface area contributed by atoms with Crippen LogP contribution in [0.4, 0.5) is 0 Å². The molecule has 4 nitrogen and oxygen atoms in total. The van der Waals surface area contributed by atoms with Crippen molar-refractivity contribution in [2.45, 2.75) is 59.0 Å². The highest BCUT2D eigenvalue weighted by atomic mass is 16.4. The second-order valence-electron chi connectivity index (χ2n) is 5.54. The second kappa shape index (κ2) is 7.74. The number of nitrogens with one attached hydrogen (secondary N) is 1. The average Bonchev–Trinajstić information content (AvgIpc) is 2.34. The third-order valence-corrected chi connectivity index (χ3v) is 4.00. The van der Waals surface area contributed by atoms with Crippen LogP contribution in [-0.2, 0) is 4.79 Å². The molecule has 0 aromatic heterocycles. The number of carbonyl (C=O) groups is 1. The summed E-state index contributed by atoms with van der Waals surface area (Å²) in [5.74, 6) is -0.130. The minimum atomic E-state index is -0.845. The van der Waals surface area contributed by atoms with Crippen molar-refractivity contribution in [1.82, 2.24) is 10.2 Å². The number of carboxylic acid groups (broad SMARTS) is 1. The minimum absolute atomic E-state index is 0.262. The van der Waals surface area contributed by atoms with Crippen LogP contribution in [0.1, 0.15) is 47.5 Å². The molecule has 0 amide bonds. The standard InChI is InChI=1S/C14H30N2O2/c1-7-11(3)10-16(8-2)12(4)9-14(5,15-6)13(17)18/h11-12,15H,7-10H2,1-6H3,(H,17,18). The summed E-state index contributed by atoms with van der Waals surface area (Å²) in [7, 11) is 1.71. The van der Waals surface area contributed by atoms with Gasteiger partial charge in [0.05, 0.1) is 0 Å². The molecule has 2 N–H and O–H groups in total. The molecule has 0 radical (unpaired) electrons. The molecule has 108 valence electrons. The monoisotopic (exact) mass is 258 g/mol. The average molecular weight is 258 g/mol. The fraction of sp³-hybridized carbons (Fsp3) is 0.929. The summed E-state index contributed by atoms with van der Waals surface area (Å²) in [6.45, 7) is 12.4. The van der Waals surface area contributed by atoms with Crippen LogP contribution in [0.2, 0.25) is 0 Å². The fourth-order valence-electron chi connectivity index (χ4n) is 2.17. The van der Waals surface area contributed by atoms with Gasteiger partial charge in [0.25, 0.3) is 0 Å². The molecule has 0 aromatic carbocycles. The minimum Gasteiger partial charge on any atom is -0.480 e. The van der Waals surface area contributed by atoms with E-state index in [1.165, 1.54) is 0 Å². The Kier molecular flexibility index (Phi) is 7.48. The van der Waals surface area contributed by atoms with E-state index in [2.05, 4.69) is 37.9 Å². The Morgan fingerprint density at radius 3 is 2.28 bits per heavy atom. The van der Waals surface area contributed by atoms with E-state index >= 15 is 0 Å². The van der Waals surface area contributed by atoms with Crippen LogP contribution in [0.15, 0.2) is 0 Å². The summed E-state index contributed by atoms with van der Waals surface area (Å²) >= 11 is 0. The van der Waals surface area contributed by atoms with Crippen LogP contribution in [0, 0.1) is 5.92 Å². The maximum Gasteiger partial charge on any atom is 0.323 e. The Balaban J connectivity index is 4.60. The maximum absolute atomic E-state index is 11.3. The van der Waals surface area contributed by atoms with E-state index in [1.54, 1.807) is 14.0 Å². The van der Waals surface area contributed by atoms with Gasteiger partial charge in [-0.25, -0.2) is 0 Å². The van der Waals surface area contributed by atoms with Crippen LogP contribution >= 0.6 is 0 Å². The molecular weight excluding hydrogens is 228 g/mol. The summed E-state index contributed by atoms with van der Waals surface area (Å²) in [5, 5.41) is 12.2. The third-order valence-electron chi connectivity index (χ3n) is 4.00. The lowest BCUT2D eigenvalue weighted by molar-refractivity contribution is -0.144. The zero-order valence-electron chi connectivity index (χ0n) is 12.8. The van der Waals surface area contributed by atoms with E-state index in [9.17, 15) is 9.90 Å². The van der Waals surface area contributed by atoms with Crippen molar-refractivity contribution in [3.63, 3.8) is 0 Å². The van der Waals surface area contributed by atoms with Crippen molar-refractivity contribution < 1.29 is 9.90 Å². The highest BCUT2D eigenvalue weighted by molar-refractivity contribution is 5.78. The first-order chi connectivity index (χ1) is 8.30. The molecule has 3 unspecified atom stereocenters. The third kappa shape index (κ3) is 4.94. The van der Waals surface area contributed by atoms with Crippen molar-refractivity contribution in [3.8, 4) is 0 Å². The van der Waals surface area contributed by atoms with Gasteiger partial charge >= 0.3 is 5.97 Å². The summed E-state index contributed by atoms with van der Waals surface area (Å²) in [4.78, 5) is 13.7. The van der Waals surface area contributed by atoms with Crippen molar-refractivity contribution in [2.24, 2.45) is 5.92 Å². The number of carboxylic acids is 1. The Labute approximate surface area is 112 Å². The Morgan fingerprint density at radius 1 is 1.39 bits per heavy atom. The van der Waals surface area contributed by atoms with Crippen LogP contribution in [0.3, 0.4) is 0 Å². The molecule has 0 aliphatic heterocycles. The molecule has 0 fully saturated rings. The Hall–Kier alpha value is -0.610. The van der Waals surface area contributed by atoms with Crippen LogP contribution in [-0.4, -0.2) is 47.7 Å².